The third kappa shape index (κ3) is 1.39. The maximum atomic E-state index is 11.7. The molecule has 1 aliphatic rings. The van der Waals surface area contributed by atoms with Crippen molar-refractivity contribution in [2.24, 2.45) is 0 Å². The summed E-state index contributed by atoms with van der Waals surface area (Å²) in [6.07, 6.45) is 2.97. The van der Waals surface area contributed by atoms with Crippen molar-refractivity contribution in [2.75, 3.05) is 18.0 Å². The highest BCUT2D eigenvalue weighted by molar-refractivity contribution is 5.39. The Balaban J connectivity index is 2.30. The van der Waals surface area contributed by atoms with Crippen LogP contribution in [-0.4, -0.2) is 33.9 Å². The highest BCUT2D eigenvalue weighted by Gasteiger charge is 2.27. The van der Waals surface area contributed by atoms with Crippen molar-refractivity contribution >= 4 is 5.82 Å². The summed E-state index contributed by atoms with van der Waals surface area (Å²) in [5, 5.41) is 9.12. The van der Waals surface area contributed by atoms with Gasteiger partial charge in [-0.1, -0.05) is 0 Å². The largest absolute Gasteiger partial charge is 0.389 e. The van der Waals surface area contributed by atoms with Gasteiger partial charge in [-0.2, -0.15) is 0 Å². The molecule has 2 rings (SSSR count). The van der Waals surface area contributed by atoms with Crippen molar-refractivity contribution < 1.29 is 5.11 Å². The predicted molar refractivity (Wildman–Crippen MR) is 52.4 cm³/mol. The summed E-state index contributed by atoms with van der Waals surface area (Å²) in [7, 11) is 0. The van der Waals surface area contributed by atoms with Gasteiger partial charge in [0.1, 0.15) is 0 Å². The number of aryl methyl sites for hydroxylation is 1. The molecule has 1 N–H and O–H groups in total. The van der Waals surface area contributed by atoms with E-state index in [-0.39, 0.29) is 11.7 Å². The summed E-state index contributed by atoms with van der Waals surface area (Å²) >= 11 is 0. The molecule has 0 aliphatic carbocycles. The zero-order valence-electron chi connectivity index (χ0n) is 8.05. The molecule has 1 aromatic heterocycles. The van der Waals surface area contributed by atoms with Crippen molar-refractivity contribution in [3.8, 4) is 0 Å². The first-order valence-electron chi connectivity index (χ1n) is 4.71. The number of nitrogens with zero attached hydrogens (tertiary/aromatic N) is 3. The fourth-order valence-electron chi connectivity index (χ4n) is 1.53. The number of aliphatic hydroxyl groups is 1. The van der Waals surface area contributed by atoms with Crippen LogP contribution in [0.4, 0.5) is 5.82 Å². The Morgan fingerprint density at radius 3 is 2.93 bits per heavy atom. The number of anilines is 1. The summed E-state index contributed by atoms with van der Waals surface area (Å²) in [6, 6.07) is 0. The summed E-state index contributed by atoms with van der Waals surface area (Å²) in [5.41, 5.74) is -0.0816. The van der Waals surface area contributed by atoms with Crippen LogP contribution in [0.5, 0.6) is 0 Å². The molecule has 1 aliphatic heterocycles. The third-order valence-corrected chi connectivity index (χ3v) is 2.40. The van der Waals surface area contributed by atoms with Gasteiger partial charge in [0.05, 0.1) is 6.10 Å². The molecule has 5 heteroatoms. The SMILES string of the molecule is CCn1ccnc(N2CC(O)C2)c1=O. The molecule has 14 heavy (non-hydrogen) atoms. The Labute approximate surface area is 81.6 Å². The normalized spacial score (nSPS) is 16.9. The molecule has 1 saturated heterocycles. The first-order valence-corrected chi connectivity index (χ1v) is 4.71. The Morgan fingerprint density at radius 1 is 1.64 bits per heavy atom. The molecule has 1 fully saturated rings. The van der Waals surface area contributed by atoms with Gasteiger partial charge in [-0.15, -0.1) is 0 Å². The van der Waals surface area contributed by atoms with Crippen LogP contribution in [0, 0.1) is 0 Å². The van der Waals surface area contributed by atoms with Crippen LogP contribution >= 0.6 is 0 Å². The van der Waals surface area contributed by atoms with Crippen molar-refractivity contribution in [3.63, 3.8) is 0 Å². The summed E-state index contributed by atoms with van der Waals surface area (Å²) in [6.45, 7) is 3.58. The van der Waals surface area contributed by atoms with E-state index in [2.05, 4.69) is 4.98 Å². The number of aromatic nitrogens is 2. The third-order valence-electron chi connectivity index (χ3n) is 2.40. The van der Waals surface area contributed by atoms with Gasteiger partial charge in [-0.3, -0.25) is 4.79 Å². The zero-order chi connectivity index (χ0) is 10.1. The smallest absolute Gasteiger partial charge is 0.293 e. The van der Waals surface area contributed by atoms with E-state index < -0.39 is 0 Å². The minimum atomic E-state index is -0.313. The monoisotopic (exact) mass is 195 g/mol. The molecule has 0 aromatic carbocycles. The highest BCUT2D eigenvalue weighted by atomic mass is 16.3. The Kier molecular flexibility index (Phi) is 2.25. The van der Waals surface area contributed by atoms with E-state index in [9.17, 15) is 4.79 Å². The average Bonchev–Trinajstić information content (AvgIpc) is 2.14. The van der Waals surface area contributed by atoms with Crippen LogP contribution in [0.2, 0.25) is 0 Å². The lowest BCUT2D eigenvalue weighted by Gasteiger charge is -2.36. The first kappa shape index (κ1) is 9.21. The second-order valence-electron chi connectivity index (χ2n) is 3.40. The van der Waals surface area contributed by atoms with E-state index in [4.69, 9.17) is 5.11 Å². The Morgan fingerprint density at radius 2 is 2.36 bits per heavy atom. The van der Waals surface area contributed by atoms with E-state index in [1.807, 2.05) is 6.92 Å². The minimum absolute atomic E-state index is 0.0816. The topological polar surface area (TPSA) is 58.4 Å². The highest BCUT2D eigenvalue weighted by Crippen LogP contribution is 2.13. The molecular formula is C9H13N3O2. The molecule has 0 bridgehead atoms. The summed E-state index contributed by atoms with van der Waals surface area (Å²) in [4.78, 5) is 17.5. The quantitative estimate of drug-likeness (QED) is 0.687. The van der Waals surface area contributed by atoms with Crippen LogP contribution in [-0.2, 0) is 6.54 Å². The lowest BCUT2D eigenvalue weighted by Crippen LogP contribution is -2.53. The second kappa shape index (κ2) is 3.42. The van der Waals surface area contributed by atoms with Crippen molar-refractivity contribution in [3.05, 3.63) is 22.7 Å². The van der Waals surface area contributed by atoms with E-state index in [0.717, 1.165) is 0 Å². The number of aliphatic hydroxyl groups excluding tert-OH is 1. The van der Waals surface area contributed by atoms with Gasteiger partial charge in [-0.25, -0.2) is 4.98 Å². The van der Waals surface area contributed by atoms with Gasteiger partial charge in [0, 0.05) is 32.0 Å². The van der Waals surface area contributed by atoms with Crippen LogP contribution in [0.25, 0.3) is 0 Å². The number of hydrogen-bond acceptors (Lipinski definition) is 4. The minimum Gasteiger partial charge on any atom is -0.389 e. The van der Waals surface area contributed by atoms with Gasteiger partial charge in [0.15, 0.2) is 5.82 Å². The number of hydrogen-bond donors (Lipinski definition) is 1. The molecule has 0 saturated carbocycles. The van der Waals surface area contributed by atoms with E-state index in [1.54, 1.807) is 21.9 Å². The Hall–Kier alpha value is -1.36. The molecule has 76 valence electrons. The van der Waals surface area contributed by atoms with Gasteiger partial charge in [-0.05, 0) is 6.92 Å². The maximum Gasteiger partial charge on any atom is 0.293 e. The lowest BCUT2D eigenvalue weighted by atomic mass is 10.2. The molecule has 1 aromatic rings. The fraction of sp³-hybridized carbons (Fsp3) is 0.556. The molecule has 0 atom stereocenters. The number of rotatable bonds is 2. The van der Waals surface area contributed by atoms with Gasteiger partial charge >= 0.3 is 0 Å². The van der Waals surface area contributed by atoms with Crippen molar-refractivity contribution in [2.45, 2.75) is 19.6 Å². The molecule has 0 amide bonds. The second-order valence-corrected chi connectivity index (χ2v) is 3.40. The summed E-state index contributed by atoms with van der Waals surface area (Å²) < 4.78 is 1.60. The van der Waals surface area contributed by atoms with Crippen molar-refractivity contribution in [1.29, 1.82) is 0 Å². The molecule has 2 heterocycles. The Bertz CT molecular complexity index is 382. The van der Waals surface area contributed by atoms with Crippen LogP contribution in [0.15, 0.2) is 17.2 Å². The molecule has 5 nitrogen and oxygen atoms in total. The van der Waals surface area contributed by atoms with Crippen LogP contribution < -0.4 is 10.5 Å². The lowest BCUT2D eigenvalue weighted by molar-refractivity contribution is 0.141. The zero-order valence-corrected chi connectivity index (χ0v) is 8.05. The summed E-state index contributed by atoms with van der Waals surface area (Å²) in [5.74, 6) is 0.444. The van der Waals surface area contributed by atoms with Gasteiger partial charge < -0.3 is 14.6 Å². The van der Waals surface area contributed by atoms with Crippen LogP contribution in [0.1, 0.15) is 6.92 Å². The van der Waals surface area contributed by atoms with E-state index >= 15 is 0 Å². The standard InChI is InChI=1S/C9H13N3O2/c1-2-11-4-3-10-8(9(11)14)12-5-7(13)6-12/h3-4,7,13H,2,5-6H2,1H3. The van der Waals surface area contributed by atoms with E-state index in [1.165, 1.54) is 0 Å². The average molecular weight is 195 g/mol. The van der Waals surface area contributed by atoms with Gasteiger partial charge in [0.25, 0.3) is 5.56 Å². The maximum absolute atomic E-state index is 11.7. The van der Waals surface area contributed by atoms with Crippen LogP contribution in [0.3, 0.4) is 0 Å². The molecule has 0 spiro atoms. The van der Waals surface area contributed by atoms with Crippen molar-refractivity contribution in [1.82, 2.24) is 9.55 Å². The molecular weight excluding hydrogens is 182 g/mol. The molecule has 0 radical (unpaired) electrons. The fourth-order valence-corrected chi connectivity index (χ4v) is 1.53. The van der Waals surface area contributed by atoms with Gasteiger partial charge in [0.2, 0.25) is 0 Å². The van der Waals surface area contributed by atoms with E-state index in [0.29, 0.717) is 25.5 Å². The number of β-amino-alcohol motifs (C(OH)–C–C–N with tert-alkyl or cyclic N) is 1. The first-order chi connectivity index (χ1) is 6.72. The molecule has 0 unspecified atom stereocenters. The predicted octanol–water partition coefficient (Wildman–Crippen LogP) is -0.556.